The van der Waals surface area contributed by atoms with Crippen molar-refractivity contribution in [1.82, 2.24) is 0 Å². The molecule has 0 aromatic rings. The number of ketones is 1. The van der Waals surface area contributed by atoms with Crippen molar-refractivity contribution in [3.8, 4) is 0 Å². The number of hydrogen-bond donors (Lipinski definition) is 2. The number of esters is 1. The summed E-state index contributed by atoms with van der Waals surface area (Å²) in [6, 6.07) is 0. The minimum Gasteiger partial charge on any atom is -0.455 e. The first-order valence-corrected chi connectivity index (χ1v) is 9.73. The zero-order chi connectivity index (χ0) is 18.7. The number of unbranched alkanes of at least 4 members (excludes halogenated alkanes) is 9. The van der Waals surface area contributed by atoms with Crippen LogP contribution in [0.2, 0.25) is 0 Å². The van der Waals surface area contributed by atoms with Crippen molar-refractivity contribution in [2.45, 2.75) is 102 Å². The maximum Gasteiger partial charge on any atom is 0.303 e. The third-order valence-electron chi connectivity index (χ3n) is 4.88. The Morgan fingerprint density at radius 3 is 2.16 bits per heavy atom. The normalized spacial score (nSPS) is 23.8. The first kappa shape index (κ1) is 21.8. The summed E-state index contributed by atoms with van der Waals surface area (Å²) < 4.78 is 4.96. The summed E-state index contributed by atoms with van der Waals surface area (Å²) >= 11 is 0. The van der Waals surface area contributed by atoms with Crippen molar-refractivity contribution in [3.05, 3.63) is 12.2 Å². The van der Waals surface area contributed by atoms with Crippen molar-refractivity contribution in [3.63, 3.8) is 0 Å². The van der Waals surface area contributed by atoms with E-state index in [1.165, 1.54) is 64.0 Å². The molecule has 1 rings (SSSR count). The van der Waals surface area contributed by atoms with Crippen LogP contribution in [0.15, 0.2) is 12.2 Å². The smallest absolute Gasteiger partial charge is 0.303 e. The van der Waals surface area contributed by atoms with Crippen LogP contribution < -0.4 is 0 Å². The van der Waals surface area contributed by atoms with Crippen LogP contribution in [-0.2, 0) is 14.3 Å². The minimum atomic E-state index is -2.04. The summed E-state index contributed by atoms with van der Waals surface area (Å²) in [7, 11) is 0. The fourth-order valence-corrected chi connectivity index (χ4v) is 3.30. The van der Waals surface area contributed by atoms with Crippen molar-refractivity contribution in [2.75, 3.05) is 0 Å². The highest BCUT2D eigenvalue weighted by molar-refractivity contribution is 6.01. The molecule has 0 spiro atoms. The zero-order valence-corrected chi connectivity index (χ0v) is 15.7. The van der Waals surface area contributed by atoms with E-state index in [0.717, 1.165) is 19.3 Å². The number of carbonyl (C=O) groups excluding carboxylic acids is 2. The Balaban J connectivity index is 2.21. The van der Waals surface area contributed by atoms with E-state index in [2.05, 4.69) is 6.92 Å². The Morgan fingerprint density at radius 1 is 1.12 bits per heavy atom. The van der Waals surface area contributed by atoms with E-state index in [-0.39, 0.29) is 0 Å². The maximum atomic E-state index is 11.9. The molecule has 0 amide bonds. The van der Waals surface area contributed by atoms with Crippen LogP contribution in [-0.4, -0.2) is 39.8 Å². The van der Waals surface area contributed by atoms with E-state index in [1.54, 1.807) is 0 Å². The van der Waals surface area contributed by atoms with E-state index in [4.69, 9.17) is 4.74 Å². The predicted molar refractivity (Wildman–Crippen MR) is 97.1 cm³/mol. The molecule has 0 heterocycles. The first-order chi connectivity index (χ1) is 11.9. The second-order valence-electron chi connectivity index (χ2n) is 7.07. The van der Waals surface area contributed by atoms with Gasteiger partial charge in [0, 0.05) is 6.92 Å². The quantitative estimate of drug-likeness (QED) is 0.391. The van der Waals surface area contributed by atoms with E-state index in [1.807, 2.05) is 0 Å². The van der Waals surface area contributed by atoms with Crippen LogP contribution in [0.3, 0.4) is 0 Å². The van der Waals surface area contributed by atoms with Crippen LogP contribution in [0.5, 0.6) is 0 Å². The number of aliphatic hydroxyl groups excluding tert-OH is 1. The molecule has 5 heteroatoms. The molecule has 0 radical (unpaired) electrons. The molecule has 144 valence electrons. The van der Waals surface area contributed by atoms with Gasteiger partial charge >= 0.3 is 5.97 Å². The van der Waals surface area contributed by atoms with E-state index < -0.39 is 29.6 Å². The number of aliphatic hydroxyl groups is 2. The molecular weight excluding hydrogens is 320 g/mol. The predicted octanol–water partition coefficient (Wildman–Crippen LogP) is 3.46. The van der Waals surface area contributed by atoms with Crippen LogP contribution >= 0.6 is 0 Å². The fraction of sp³-hybridized carbons (Fsp3) is 0.800. The molecule has 0 saturated heterocycles. The summed E-state index contributed by atoms with van der Waals surface area (Å²) in [4.78, 5) is 23.0. The SMILES string of the molecule is CCCCCCCCCCCCC(O)[C@]1(O)C(=O)C=C[C@@H]1OC(C)=O. The number of carbonyl (C=O) groups is 2. The summed E-state index contributed by atoms with van der Waals surface area (Å²) in [6.45, 7) is 3.43. The fourth-order valence-electron chi connectivity index (χ4n) is 3.30. The molecule has 0 aliphatic heterocycles. The van der Waals surface area contributed by atoms with Gasteiger partial charge in [0.25, 0.3) is 0 Å². The van der Waals surface area contributed by atoms with Gasteiger partial charge in [-0.05, 0) is 18.6 Å². The van der Waals surface area contributed by atoms with Crippen molar-refractivity contribution in [2.24, 2.45) is 0 Å². The van der Waals surface area contributed by atoms with Gasteiger partial charge in [0.05, 0.1) is 6.10 Å². The molecule has 25 heavy (non-hydrogen) atoms. The Hall–Kier alpha value is -1.20. The number of rotatable bonds is 13. The van der Waals surface area contributed by atoms with Gasteiger partial charge in [-0.25, -0.2) is 0 Å². The average Bonchev–Trinajstić information content (AvgIpc) is 2.85. The standard InChI is InChI=1S/C20H34O5/c1-3-4-5-6-7-8-9-10-11-12-13-17(22)20(24)18(23)14-15-19(20)25-16(2)21/h14-15,17,19,22,24H,3-13H2,1-2H3/t17?,19-,20-/m0/s1. The Morgan fingerprint density at radius 2 is 1.64 bits per heavy atom. The lowest BCUT2D eigenvalue weighted by molar-refractivity contribution is -0.174. The lowest BCUT2D eigenvalue weighted by atomic mass is 9.87. The van der Waals surface area contributed by atoms with E-state index >= 15 is 0 Å². The van der Waals surface area contributed by atoms with E-state index in [0.29, 0.717) is 6.42 Å². The third kappa shape index (κ3) is 6.90. The topological polar surface area (TPSA) is 83.8 Å². The first-order valence-electron chi connectivity index (χ1n) is 9.73. The molecular formula is C20H34O5. The molecule has 0 aromatic carbocycles. The summed E-state index contributed by atoms with van der Waals surface area (Å²) in [5.74, 6) is -1.19. The number of ether oxygens (including phenoxy) is 1. The van der Waals surface area contributed by atoms with Gasteiger partial charge in [-0.15, -0.1) is 0 Å². The zero-order valence-electron chi connectivity index (χ0n) is 15.7. The van der Waals surface area contributed by atoms with Gasteiger partial charge in [-0.2, -0.15) is 0 Å². The molecule has 3 atom stereocenters. The average molecular weight is 354 g/mol. The molecule has 1 aliphatic carbocycles. The van der Waals surface area contributed by atoms with Crippen LogP contribution in [0, 0.1) is 0 Å². The van der Waals surface area contributed by atoms with E-state index in [9.17, 15) is 19.8 Å². The summed E-state index contributed by atoms with van der Waals surface area (Å²) in [5.41, 5.74) is -2.04. The molecule has 1 aliphatic rings. The van der Waals surface area contributed by atoms with Gasteiger partial charge in [0.15, 0.2) is 17.5 Å². The Kier molecular flexibility index (Phi) is 9.98. The van der Waals surface area contributed by atoms with Gasteiger partial charge in [-0.3, -0.25) is 9.59 Å². The van der Waals surface area contributed by atoms with Crippen LogP contribution in [0.1, 0.15) is 84.5 Å². The molecule has 0 fully saturated rings. The molecule has 1 unspecified atom stereocenters. The lowest BCUT2D eigenvalue weighted by Gasteiger charge is -2.32. The maximum absolute atomic E-state index is 11.9. The van der Waals surface area contributed by atoms with Crippen molar-refractivity contribution < 1.29 is 24.5 Å². The monoisotopic (exact) mass is 354 g/mol. The molecule has 0 aromatic heterocycles. The summed E-state index contributed by atoms with van der Waals surface area (Å²) in [6.07, 6.45) is 12.2. The molecule has 0 saturated carbocycles. The molecule has 2 N–H and O–H groups in total. The summed E-state index contributed by atoms with van der Waals surface area (Å²) in [5, 5.41) is 20.8. The largest absolute Gasteiger partial charge is 0.455 e. The number of hydrogen-bond acceptors (Lipinski definition) is 5. The Labute approximate surface area is 151 Å². The van der Waals surface area contributed by atoms with Gasteiger partial charge < -0.3 is 14.9 Å². The highest BCUT2D eigenvalue weighted by Gasteiger charge is 2.52. The van der Waals surface area contributed by atoms with Crippen LogP contribution in [0.4, 0.5) is 0 Å². The second kappa shape index (κ2) is 11.4. The molecule has 0 bridgehead atoms. The van der Waals surface area contributed by atoms with Gasteiger partial charge in [-0.1, -0.05) is 71.1 Å². The van der Waals surface area contributed by atoms with Crippen molar-refractivity contribution >= 4 is 11.8 Å². The van der Waals surface area contributed by atoms with Gasteiger partial charge in [0.1, 0.15) is 0 Å². The van der Waals surface area contributed by atoms with Crippen LogP contribution in [0.25, 0.3) is 0 Å². The minimum absolute atomic E-state index is 0.318. The highest BCUT2D eigenvalue weighted by atomic mass is 16.6. The second-order valence-corrected chi connectivity index (χ2v) is 7.07. The lowest BCUT2D eigenvalue weighted by Crippen LogP contribution is -2.55. The molecule has 5 nitrogen and oxygen atoms in total. The highest BCUT2D eigenvalue weighted by Crippen LogP contribution is 2.30. The third-order valence-corrected chi connectivity index (χ3v) is 4.88. The van der Waals surface area contributed by atoms with Gasteiger partial charge in [0.2, 0.25) is 0 Å². The Bertz CT molecular complexity index is 445. The van der Waals surface area contributed by atoms with Crippen molar-refractivity contribution in [1.29, 1.82) is 0 Å².